The second-order valence-corrected chi connectivity index (χ2v) is 4.72. The summed E-state index contributed by atoms with van der Waals surface area (Å²) in [6.07, 6.45) is 0. The molecule has 0 fully saturated rings. The first-order valence-corrected chi connectivity index (χ1v) is 6.25. The molecule has 1 atom stereocenters. The van der Waals surface area contributed by atoms with E-state index in [0.29, 0.717) is 10.0 Å². The number of benzene rings is 2. The van der Waals surface area contributed by atoms with Crippen molar-refractivity contribution in [3.8, 4) is 0 Å². The Bertz CT molecular complexity index is 557. The Labute approximate surface area is 116 Å². The molecule has 0 aliphatic rings. The van der Waals surface area contributed by atoms with Gasteiger partial charge >= 0.3 is 0 Å². The number of hydrogen-bond donors (Lipinski definition) is 1. The first-order valence-electron chi connectivity index (χ1n) is 5.50. The third-order valence-corrected chi connectivity index (χ3v) is 3.45. The molecule has 2 rings (SSSR count). The minimum atomic E-state index is -0.349. The highest BCUT2D eigenvalue weighted by Crippen LogP contribution is 2.32. The fraction of sp³-hybridized carbons (Fsp3) is 0.143. The van der Waals surface area contributed by atoms with Crippen LogP contribution in [-0.4, -0.2) is 7.05 Å². The Morgan fingerprint density at radius 2 is 1.67 bits per heavy atom. The molecule has 1 nitrogen and oxygen atoms in total. The Kier molecular flexibility index (Phi) is 4.23. The molecule has 94 valence electrons. The quantitative estimate of drug-likeness (QED) is 0.878. The van der Waals surface area contributed by atoms with E-state index in [1.165, 1.54) is 12.1 Å². The summed E-state index contributed by atoms with van der Waals surface area (Å²) in [5.41, 5.74) is 1.71. The van der Waals surface area contributed by atoms with Gasteiger partial charge in [0.1, 0.15) is 5.82 Å². The molecule has 2 aromatic carbocycles. The zero-order valence-electron chi connectivity index (χ0n) is 9.75. The number of nitrogens with one attached hydrogen (secondary N) is 1. The summed E-state index contributed by atoms with van der Waals surface area (Å²) in [5.74, 6) is -0.349. The second-order valence-electron chi connectivity index (χ2n) is 3.91. The molecule has 0 aliphatic heterocycles. The molecule has 1 unspecified atom stereocenters. The monoisotopic (exact) mass is 283 g/mol. The van der Waals surface area contributed by atoms with Gasteiger partial charge in [-0.1, -0.05) is 47.5 Å². The fourth-order valence-corrected chi connectivity index (χ4v) is 2.44. The number of rotatable bonds is 3. The predicted octanol–water partition coefficient (Wildman–Crippen LogP) is 4.44. The molecule has 0 aromatic heterocycles. The summed E-state index contributed by atoms with van der Waals surface area (Å²) in [6.45, 7) is 0. The average molecular weight is 284 g/mol. The van der Waals surface area contributed by atoms with Crippen LogP contribution in [0.15, 0.2) is 42.5 Å². The van der Waals surface area contributed by atoms with Crippen LogP contribution in [0.4, 0.5) is 4.39 Å². The highest BCUT2D eigenvalue weighted by atomic mass is 35.5. The van der Waals surface area contributed by atoms with Crippen LogP contribution in [0.1, 0.15) is 17.2 Å². The smallest absolute Gasteiger partial charge is 0.124 e. The average Bonchev–Trinajstić information content (AvgIpc) is 2.34. The number of hydrogen-bond acceptors (Lipinski definition) is 1. The molecule has 18 heavy (non-hydrogen) atoms. The van der Waals surface area contributed by atoms with Crippen LogP contribution in [0.25, 0.3) is 0 Å². The Balaban J connectivity index is 2.49. The van der Waals surface area contributed by atoms with E-state index in [1.54, 1.807) is 6.07 Å². The van der Waals surface area contributed by atoms with Gasteiger partial charge in [0.25, 0.3) is 0 Å². The summed E-state index contributed by atoms with van der Waals surface area (Å²) in [5, 5.41) is 4.18. The lowest BCUT2D eigenvalue weighted by Crippen LogP contribution is -2.18. The molecule has 0 saturated heterocycles. The van der Waals surface area contributed by atoms with Gasteiger partial charge in [0.05, 0.1) is 6.04 Å². The maximum absolute atomic E-state index is 13.1. The Morgan fingerprint density at radius 3 is 2.28 bits per heavy atom. The van der Waals surface area contributed by atoms with Crippen molar-refractivity contribution < 1.29 is 4.39 Å². The minimum absolute atomic E-state index is 0.160. The van der Waals surface area contributed by atoms with Gasteiger partial charge in [-0.25, -0.2) is 4.39 Å². The SMILES string of the molecule is CNC(c1ccccc1Cl)c1ccc(F)cc1Cl. The Hall–Kier alpha value is -1.09. The zero-order chi connectivity index (χ0) is 13.1. The summed E-state index contributed by atoms with van der Waals surface area (Å²) < 4.78 is 13.1. The highest BCUT2D eigenvalue weighted by Gasteiger charge is 2.17. The first kappa shape index (κ1) is 13.3. The van der Waals surface area contributed by atoms with E-state index < -0.39 is 0 Å². The highest BCUT2D eigenvalue weighted by molar-refractivity contribution is 6.32. The van der Waals surface area contributed by atoms with Gasteiger partial charge < -0.3 is 5.32 Å². The first-order chi connectivity index (χ1) is 8.63. The van der Waals surface area contributed by atoms with Crippen LogP contribution >= 0.6 is 23.2 Å². The van der Waals surface area contributed by atoms with Gasteiger partial charge in [0.15, 0.2) is 0 Å². The van der Waals surface area contributed by atoms with E-state index in [4.69, 9.17) is 23.2 Å². The van der Waals surface area contributed by atoms with Crippen molar-refractivity contribution in [2.24, 2.45) is 0 Å². The van der Waals surface area contributed by atoms with E-state index in [2.05, 4.69) is 5.32 Å². The fourth-order valence-electron chi connectivity index (χ4n) is 1.92. The van der Waals surface area contributed by atoms with Gasteiger partial charge in [-0.05, 0) is 36.4 Å². The molecule has 0 heterocycles. The molecular weight excluding hydrogens is 272 g/mol. The minimum Gasteiger partial charge on any atom is -0.309 e. The number of halogens is 3. The van der Waals surface area contributed by atoms with Crippen molar-refractivity contribution >= 4 is 23.2 Å². The normalized spacial score (nSPS) is 12.4. The molecule has 0 saturated carbocycles. The largest absolute Gasteiger partial charge is 0.309 e. The molecule has 2 aromatic rings. The van der Waals surface area contributed by atoms with E-state index in [-0.39, 0.29) is 11.9 Å². The van der Waals surface area contributed by atoms with Crippen LogP contribution in [0.5, 0.6) is 0 Å². The molecule has 0 bridgehead atoms. The summed E-state index contributed by atoms with van der Waals surface area (Å²) in [7, 11) is 1.81. The van der Waals surface area contributed by atoms with Gasteiger partial charge in [0.2, 0.25) is 0 Å². The lowest BCUT2D eigenvalue weighted by molar-refractivity contribution is 0.623. The van der Waals surface area contributed by atoms with E-state index >= 15 is 0 Å². The second kappa shape index (κ2) is 5.70. The zero-order valence-corrected chi connectivity index (χ0v) is 11.3. The van der Waals surface area contributed by atoms with Crippen LogP contribution in [0.2, 0.25) is 10.0 Å². The van der Waals surface area contributed by atoms with Crippen LogP contribution in [-0.2, 0) is 0 Å². The molecule has 4 heteroatoms. The predicted molar refractivity (Wildman–Crippen MR) is 73.8 cm³/mol. The van der Waals surface area contributed by atoms with Crippen molar-refractivity contribution in [2.45, 2.75) is 6.04 Å². The van der Waals surface area contributed by atoms with Crippen molar-refractivity contribution in [3.63, 3.8) is 0 Å². The molecule has 1 N–H and O–H groups in total. The van der Waals surface area contributed by atoms with Crippen LogP contribution < -0.4 is 5.32 Å². The maximum Gasteiger partial charge on any atom is 0.124 e. The van der Waals surface area contributed by atoms with E-state index in [1.807, 2.05) is 31.3 Å². The van der Waals surface area contributed by atoms with Gasteiger partial charge in [-0.15, -0.1) is 0 Å². The van der Waals surface area contributed by atoms with Crippen molar-refractivity contribution in [1.29, 1.82) is 0 Å². The van der Waals surface area contributed by atoms with Crippen molar-refractivity contribution in [2.75, 3.05) is 7.05 Å². The molecule has 0 radical (unpaired) electrons. The maximum atomic E-state index is 13.1. The van der Waals surface area contributed by atoms with Crippen molar-refractivity contribution in [3.05, 3.63) is 69.5 Å². The third kappa shape index (κ3) is 2.66. The summed E-state index contributed by atoms with van der Waals surface area (Å²) >= 11 is 12.3. The van der Waals surface area contributed by atoms with E-state index in [0.717, 1.165) is 11.1 Å². The molecular formula is C14H12Cl2FN. The van der Waals surface area contributed by atoms with Gasteiger partial charge in [-0.3, -0.25) is 0 Å². The third-order valence-electron chi connectivity index (χ3n) is 2.78. The summed E-state index contributed by atoms with van der Waals surface area (Å²) in [6, 6.07) is 11.7. The van der Waals surface area contributed by atoms with Crippen molar-refractivity contribution in [1.82, 2.24) is 5.32 Å². The standard InChI is InChI=1S/C14H12Cl2FN/c1-18-14(10-4-2-3-5-12(10)15)11-7-6-9(17)8-13(11)16/h2-8,14,18H,1H3. The van der Waals surface area contributed by atoms with Crippen LogP contribution in [0.3, 0.4) is 0 Å². The van der Waals surface area contributed by atoms with Crippen LogP contribution in [0, 0.1) is 5.82 Å². The van der Waals surface area contributed by atoms with Gasteiger partial charge in [0, 0.05) is 10.0 Å². The summed E-state index contributed by atoms with van der Waals surface area (Å²) in [4.78, 5) is 0. The molecule has 0 aliphatic carbocycles. The topological polar surface area (TPSA) is 12.0 Å². The molecule has 0 spiro atoms. The van der Waals surface area contributed by atoms with E-state index in [9.17, 15) is 4.39 Å². The lowest BCUT2D eigenvalue weighted by atomic mass is 9.98. The van der Waals surface area contributed by atoms with Gasteiger partial charge in [-0.2, -0.15) is 0 Å². The Morgan fingerprint density at radius 1 is 1.00 bits per heavy atom. The lowest BCUT2D eigenvalue weighted by Gasteiger charge is -2.19. The molecule has 0 amide bonds.